The molecule has 0 amide bonds. The first-order chi connectivity index (χ1) is 12.0. The number of aromatic nitrogens is 4. The monoisotopic (exact) mass is 366 g/mol. The molecule has 1 aromatic carbocycles. The fourth-order valence-corrected chi connectivity index (χ4v) is 2.16. The number of halogens is 3. The Hall–Kier alpha value is -2.74. The highest BCUT2D eigenvalue weighted by atomic mass is 35.5. The molecule has 0 spiro atoms. The summed E-state index contributed by atoms with van der Waals surface area (Å²) in [6.45, 7) is -0.862. The van der Waals surface area contributed by atoms with E-state index in [1.807, 2.05) is 13.0 Å². The van der Waals surface area contributed by atoms with Crippen molar-refractivity contribution in [2.45, 2.75) is 20.1 Å². The second-order valence-electron chi connectivity index (χ2n) is 5.11. The topological polar surface area (TPSA) is 62.1 Å². The Morgan fingerprint density at radius 2 is 2.08 bits per heavy atom. The average molecular weight is 367 g/mol. The van der Waals surface area contributed by atoms with Crippen molar-refractivity contribution >= 4 is 11.6 Å². The summed E-state index contributed by atoms with van der Waals surface area (Å²) < 4.78 is 36.1. The van der Waals surface area contributed by atoms with Crippen LogP contribution >= 0.6 is 11.6 Å². The summed E-state index contributed by atoms with van der Waals surface area (Å²) >= 11 is 5.83. The van der Waals surface area contributed by atoms with E-state index in [1.165, 1.54) is 16.8 Å². The van der Waals surface area contributed by atoms with E-state index in [4.69, 9.17) is 16.3 Å². The van der Waals surface area contributed by atoms with Gasteiger partial charge < -0.3 is 9.47 Å². The molecule has 25 heavy (non-hydrogen) atoms. The lowest BCUT2D eigenvalue weighted by Crippen LogP contribution is -2.03. The van der Waals surface area contributed by atoms with Crippen molar-refractivity contribution in [2.75, 3.05) is 0 Å². The van der Waals surface area contributed by atoms with Crippen molar-refractivity contribution in [2.24, 2.45) is 0 Å². The van der Waals surface area contributed by atoms with Crippen LogP contribution in [0.5, 0.6) is 11.6 Å². The number of hydrogen-bond donors (Lipinski definition) is 0. The molecular formula is C16H13ClF2N4O2. The van der Waals surface area contributed by atoms with Crippen LogP contribution in [0.3, 0.4) is 0 Å². The van der Waals surface area contributed by atoms with Crippen molar-refractivity contribution in [3.63, 3.8) is 0 Å². The second-order valence-corrected chi connectivity index (χ2v) is 5.52. The zero-order valence-corrected chi connectivity index (χ0v) is 13.8. The van der Waals surface area contributed by atoms with E-state index in [-0.39, 0.29) is 17.4 Å². The Bertz CT molecular complexity index is 856. The van der Waals surface area contributed by atoms with E-state index in [1.54, 1.807) is 24.5 Å². The normalized spacial score (nSPS) is 10.9. The molecule has 130 valence electrons. The minimum absolute atomic E-state index is 0.0816. The lowest BCUT2D eigenvalue weighted by molar-refractivity contribution is -0.0497. The standard InChI is InChI=1S/C16H13ClF2N4O2/c1-10-2-5-15(20-7-10)24-9-11-8-23(22-21-11)12-3-4-13(17)14(6-12)25-16(18)19/h2-8,16H,9H2,1H3. The molecule has 0 saturated carbocycles. The van der Waals surface area contributed by atoms with Crippen molar-refractivity contribution in [1.82, 2.24) is 20.0 Å². The summed E-state index contributed by atoms with van der Waals surface area (Å²) in [5.41, 5.74) is 2.06. The minimum Gasteiger partial charge on any atom is -0.471 e. The van der Waals surface area contributed by atoms with Gasteiger partial charge in [0.1, 0.15) is 18.1 Å². The minimum atomic E-state index is -2.96. The SMILES string of the molecule is Cc1ccc(OCc2cn(-c3ccc(Cl)c(OC(F)F)c3)nn2)nc1. The maximum atomic E-state index is 12.4. The molecule has 0 N–H and O–H groups in total. The van der Waals surface area contributed by atoms with Gasteiger partial charge in [-0.15, -0.1) is 5.10 Å². The lowest BCUT2D eigenvalue weighted by atomic mass is 10.3. The summed E-state index contributed by atoms with van der Waals surface area (Å²) in [6, 6.07) is 8.06. The van der Waals surface area contributed by atoms with Gasteiger partial charge in [-0.05, 0) is 24.6 Å². The number of benzene rings is 1. The Balaban J connectivity index is 1.71. The van der Waals surface area contributed by atoms with Crippen molar-refractivity contribution in [1.29, 1.82) is 0 Å². The molecule has 0 aliphatic carbocycles. The lowest BCUT2D eigenvalue weighted by Gasteiger charge is -2.08. The fourth-order valence-electron chi connectivity index (χ4n) is 2.00. The van der Waals surface area contributed by atoms with E-state index in [2.05, 4.69) is 20.0 Å². The van der Waals surface area contributed by atoms with Gasteiger partial charge in [-0.2, -0.15) is 8.78 Å². The number of ether oxygens (including phenoxy) is 2. The Morgan fingerprint density at radius 1 is 1.24 bits per heavy atom. The van der Waals surface area contributed by atoms with Crippen LogP contribution in [0.1, 0.15) is 11.3 Å². The highest BCUT2D eigenvalue weighted by Crippen LogP contribution is 2.28. The van der Waals surface area contributed by atoms with Crippen LogP contribution in [-0.4, -0.2) is 26.6 Å². The summed E-state index contributed by atoms with van der Waals surface area (Å²) in [5.74, 6) is 0.339. The molecule has 0 atom stereocenters. The van der Waals surface area contributed by atoms with E-state index in [9.17, 15) is 8.78 Å². The van der Waals surface area contributed by atoms with Crippen LogP contribution in [0.2, 0.25) is 5.02 Å². The van der Waals surface area contributed by atoms with E-state index in [0.717, 1.165) is 5.56 Å². The highest BCUT2D eigenvalue weighted by Gasteiger charge is 2.11. The molecule has 6 nitrogen and oxygen atoms in total. The highest BCUT2D eigenvalue weighted by molar-refractivity contribution is 6.32. The summed E-state index contributed by atoms with van der Waals surface area (Å²) in [5, 5.41) is 8.00. The largest absolute Gasteiger partial charge is 0.471 e. The van der Waals surface area contributed by atoms with Gasteiger partial charge in [0.15, 0.2) is 0 Å². The zero-order chi connectivity index (χ0) is 17.8. The van der Waals surface area contributed by atoms with Gasteiger partial charge in [0.05, 0.1) is 16.9 Å². The fraction of sp³-hybridized carbons (Fsp3) is 0.188. The molecular weight excluding hydrogens is 354 g/mol. The van der Waals surface area contributed by atoms with Crippen LogP contribution in [0.15, 0.2) is 42.7 Å². The second kappa shape index (κ2) is 7.43. The number of rotatable bonds is 6. The van der Waals surface area contributed by atoms with Crippen LogP contribution in [0.25, 0.3) is 5.69 Å². The first kappa shape index (κ1) is 17.1. The summed E-state index contributed by atoms with van der Waals surface area (Å²) in [6.07, 6.45) is 3.31. The van der Waals surface area contributed by atoms with Crippen molar-refractivity contribution in [3.05, 3.63) is 59.0 Å². The molecule has 0 saturated heterocycles. The predicted molar refractivity (Wildman–Crippen MR) is 86.3 cm³/mol. The van der Waals surface area contributed by atoms with Crippen LogP contribution < -0.4 is 9.47 Å². The Morgan fingerprint density at radius 3 is 2.80 bits per heavy atom. The molecule has 0 aliphatic rings. The average Bonchev–Trinajstić information content (AvgIpc) is 3.05. The van der Waals surface area contributed by atoms with E-state index >= 15 is 0 Å². The molecule has 0 fully saturated rings. The molecule has 0 unspecified atom stereocenters. The molecule has 2 aromatic heterocycles. The third-order valence-electron chi connectivity index (χ3n) is 3.19. The quantitative estimate of drug-likeness (QED) is 0.664. The number of aryl methyl sites for hydroxylation is 1. The first-order valence-electron chi connectivity index (χ1n) is 7.22. The first-order valence-corrected chi connectivity index (χ1v) is 7.60. The molecule has 0 bridgehead atoms. The molecule has 9 heteroatoms. The molecule has 3 aromatic rings. The van der Waals surface area contributed by atoms with Gasteiger partial charge in [-0.25, -0.2) is 9.67 Å². The maximum Gasteiger partial charge on any atom is 0.387 e. The maximum absolute atomic E-state index is 12.4. The predicted octanol–water partition coefficient (Wildman–Crippen LogP) is 3.80. The summed E-state index contributed by atoms with van der Waals surface area (Å²) in [7, 11) is 0. The van der Waals surface area contributed by atoms with Crippen LogP contribution in [0, 0.1) is 6.92 Å². The third-order valence-corrected chi connectivity index (χ3v) is 3.50. The summed E-state index contributed by atoms with van der Waals surface area (Å²) in [4.78, 5) is 4.13. The molecule has 0 radical (unpaired) electrons. The molecule has 2 heterocycles. The van der Waals surface area contributed by atoms with Gasteiger partial charge in [-0.1, -0.05) is 22.9 Å². The van der Waals surface area contributed by atoms with E-state index < -0.39 is 6.61 Å². The van der Waals surface area contributed by atoms with Crippen LogP contribution in [-0.2, 0) is 6.61 Å². The number of alkyl halides is 2. The van der Waals surface area contributed by atoms with Crippen molar-refractivity contribution < 1.29 is 18.3 Å². The van der Waals surface area contributed by atoms with Gasteiger partial charge in [-0.3, -0.25) is 0 Å². The van der Waals surface area contributed by atoms with Gasteiger partial charge in [0, 0.05) is 18.3 Å². The van der Waals surface area contributed by atoms with Gasteiger partial charge in [0.2, 0.25) is 5.88 Å². The zero-order valence-electron chi connectivity index (χ0n) is 13.1. The molecule has 0 aliphatic heterocycles. The Labute approximate surface area is 147 Å². The number of nitrogens with zero attached hydrogens (tertiary/aromatic N) is 4. The van der Waals surface area contributed by atoms with E-state index in [0.29, 0.717) is 17.3 Å². The third kappa shape index (κ3) is 4.42. The molecule has 3 rings (SSSR count). The number of pyridine rings is 1. The van der Waals surface area contributed by atoms with Crippen LogP contribution in [0.4, 0.5) is 8.78 Å². The van der Waals surface area contributed by atoms with Gasteiger partial charge >= 0.3 is 6.61 Å². The number of hydrogen-bond acceptors (Lipinski definition) is 5. The van der Waals surface area contributed by atoms with Gasteiger partial charge in [0.25, 0.3) is 0 Å². The Kier molecular flexibility index (Phi) is 5.08. The smallest absolute Gasteiger partial charge is 0.387 e. The van der Waals surface area contributed by atoms with Crippen molar-refractivity contribution in [3.8, 4) is 17.3 Å².